The Kier molecular flexibility index (Phi) is 5.37. The summed E-state index contributed by atoms with van der Waals surface area (Å²) in [5, 5.41) is 8.57. The number of aliphatic carboxylic acids is 1. The van der Waals surface area contributed by atoms with Crippen LogP contribution in [0.5, 0.6) is 0 Å². The molecule has 0 saturated carbocycles. The molecule has 0 bridgehead atoms. The van der Waals surface area contributed by atoms with Crippen LogP contribution in [-0.2, 0) is 9.53 Å². The van der Waals surface area contributed by atoms with Gasteiger partial charge >= 0.3 is 5.97 Å². The molecule has 0 aliphatic rings. The highest BCUT2D eigenvalue weighted by Crippen LogP contribution is 2.04. The van der Waals surface area contributed by atoms with Crippen LogP contribution in [0.1, 0.15) is 27.2 Å². The van der Waals surface area contributed by atoms with Gasteiger partial charge in [-0.3, -0.25) is 0 Å². The van der Waals surface area contributed by atoms with Gasteiger partial charge < -0.3 is 9.84 Å². The molecule has 0 radical (unpaired) electrons. The number of ether oxygens (including phenoxy) is 1. The Balaban J connectivity index is 4.14. The molecule has 12 heavy (non-hydrogen) atoms. The summed E-state index contributed by atoms with van der Waals surface area (Å²) in [5.74, 6) is -0.881. The maximum Gasteiger partial charge on any atom is 0.331 e. The molecule has 1 unspecified atom stereocenters. The molecular weight excluding hydrogens is 156 g/mol. The Morgan fingerprint density at radius 3 is 2.50 bits per heavy atom. The van der Waals surface area contributed by atoms with Crippen LogP contribution in [0.15, 0.2) is 11.6 Å². The van der Waals surface area contributed by atoms with E-state index in [4.69, 9.17) is 9.84 Å². The van der Waals surface area contributed by atoms with Crippen molar-refractivity contribution in [1.82, 2.24) is 0 Å². The lowest BCUT2D eigenvalue weighted by atomic mass is 10.2. The smallest absolute Gasteiger partial charge is 0.331 e. The predicted octanol–water partition coefficient (Wildman–Crippen LogP) is 1.83. The highest BCUT2D eigenvalue weighted by atomic mass is 16.5. The first-order valence-electron chi connectivity index (χ1n) is 4.15. The van der Waals surface area contributed by atoms with E-state index < -0.39 is 5.97 Å². The van der Waals surface area contributed by atoms with E-state index in [0.717, 1.165) is 6.42 Å². The highest BCUT2D eigenvalue weighted by Gasteiger charge is 2.05. The van der Waals surface area contributed by atoms with Crippen LogP contribution in [0.25, 0.3) is 0 Å². The molecule has 0 aromatic carbocycles. The maximum absolute atomic E-state index is 10.4. The van der Waals surface area contributed by atoms with Gasteiger partial charge in [0, 0.05) is 12.2 Å². The highest BCUT2D eigenvalue weighted by molar-refractivity contribution is 5.85. The van der Waals surface area contributed by atoms with Crippen molar-refractivity contribution in [2.45, 2.75) is 33.3 Å². The molecule has 70 valence electrons. The van der Waals surface area contributed by atoms with Gasteiger partial charge in [0.25, 0.3) is 0 Å². The number of carboxylic acid groups (broad SMARTS) is 1. The molecule has 0 spiro atoms. The van der Waals surface area contributed by atoms with Crippen molar-refractivity contribution in [3.63, 3.8) is 0 Å². The summed E-state index contributed by atoms with van der Waals surface area (Å²) in [4.78, 5) is 10.4. The first-order chi connectivity index (χ1) is 5.61. The molecule has 0 rings (SSSR count). The fourth-order valence-electron chi connectivity index (χ4n) is 0.848. The second kappa shape index (κ2) is 5.77. The fourth-order valence-corrected chi connectivity index (χ4v) is 0.848. The maximum atomic E-state index is 10.4. The topological polar surface area (TPSA) is 46.5 Å². The Bertz CT molecular complexity index is 173. The summed E-state index contributed by atoms with van der Waals surface area (Å²) in [5.41, 5.74) is 0.343. The lowest BCUT2D eigenvalue weighted by Gasteiger charge is -2.10. The van der Waals surface area contributed by atoms with Crippen molar-refractivity contribution in [3.8, 4) is 0 Å². The van der Waals surface area contributed by atoms with Crippen molar-refractivity contribution in [2.24, 2.45) is 0 Å². The van der Waals surface area contributed by atoms with E-state index in [1.807, 2.05) is 13.8 Å². The standard InChI is InChI=1S/C9H16O3/c1-4-8(12-5-2)6-7(3)9(10)11/h6,8H,4-5H2,1-3H3,(H,10,11)/b7-6+. The monoisotopic (exact) mass is 172 g/mol. The molecule has 1 atom stereocenters. The number of hydrogen-bond donors (Lipinski definition) is 1. The lowest BCUT2D eigenvalue weighted by Crippen LogP contribution is -2.10. The van der Waals surface area contributed by atoms with E-state index >= 15 is 0 Å². The van der Waals surface area contributed by atoms with Crippen LogP contribution in [0, 0.1) is 0 Å². The van der Waals surface area contributed by atoms with Gasteiger partial charge in [-0.25, -0.2) is 4.79 Å². The zero-order valence-electron chi connectivity index (χ0n) is 7.83. The summed E-state index contributed by atoms with van der Waals surface area (Å²) in [7, 11) is 0. The van der Waals surface area contributed by atoms with Gasteiger partial charge in [-0.15, -0.1) is 0 Å². The van der Waals surface area contributed by atoms with Crippen molar-refractivity contribution < 1.29 is 14.6 Å². The molecular formula is C9H16O3. The first kappa shape index (κ1) is 11.2. The van der Waals surface area contributed by atoms with Gasteiger partial charge in [0.1, 0.15) is 0 Å². The van der Waals surface area contributed by atoms with Gasteiger partial charge in [-0.05, 0) is 26.3 Å². The van der Waals surface area contributed by atoms with Crippen molar-refractivity contribution in [1.29, 1.82) is 0 Å². The Morgan fingerprint density at radius 1 is 1.58 bits per heavy atom. The van der Waals surface area contributed by atoms with Gasteiger partial charge in [-0.1, -0.05) is 6.92 Å². The Labute approximate surface area is 73.0 Å². The van der Waals surface area contributed by atoms with Crippen molar-refractivity contribution in [2.75, 3.05) is 6.61 Å². The van der Waals surface area contributed by atoms with Crippen LogP contribution in [0.2, 0.25) is 0 Å². The number of hydrogen-bond acceptors (Lipinski definition) is 2. The van der Waals surface area contributed by atoms with E-state index in [2.05, 4.69) is 0 Å². The molecule has 0 aromatic heterocycles. The molecule has 0 aliphatic heterocycles. The zero-order valence-corrected chi connectivity index (χ0v) is 7.83. The molecule has 1 N–H and O–H groups in total. The summed E-state index contributed by atoms with van der Waals surface area (Å²) in [6.45, 7) is 6.05. The Hall–Kier alpha value is -0.830. The molecule has 0 fully saturated rings. The number of carbonyl (C=O) groups is 1. The van der Waals surface area contributed by atoms with E-state index in [0.29, 0.717) is 12.2 Å². The molecule has 3 nitrogen and oxygen atoms in total. The average molecular weight is 172 g/mol. The second-order valence-electron chi connectivity index (χ2n) is 2.56. The van der Waals surface area contributed by atoms with E-state index in [1.165, 1.54) is 0 Å². The Morgan fingerprint density at radius 2 is 2.17 bits per heavy atom. The van der Waals surface area contributed by atoms with Gasteiger partial charge in [0.2, 0.25) is 0 Å². The van der Waals surface area contributed by atoms with Crippen molar-refractivity contribution >= 4 is 5.97 Å². The van der Waals surface area contributed by atoms with Crippen LogP contribution in [-0.4, -0.2) is 23.8 Å². The van der Waals surface area contributed by atoms with Gasteiger partial charge in [0.15, 0.2) is 0 Å². The minimum atomic E-state index is -0.881. The largest absolute Gasteiger partial charge is 0.478 e. The van der Waals surface area contributed by atoms with Crippen LogP contribution >= 0.6 is 0 Å². The molecule has 0 amide bonds. The molecule has 0 saturated heterocycles. The summed E-state index contributed by atoms with van der Waals surface area (Å²) in [6, 6.07) is 0. The molecule has 0 heterocycles. The average Bonchev–Trinajstić information content (AvgIpc) is 2.03. The predicted molar refractivity (Wildman–Crippen MR) is 47.1 cm³/mol. The molecule has 0 aromatic rings. The summed E-state index contributed by atoms with van der Waals surface area (Å²) < 4.78 is 5.27. The van der Waals surface area contributed by atoms with Gasteiger partial charge in [-0.2, -0.15) is 0 Å². The van der Waals surface area contributed by atoms with E-state index in [-0.39, 0.29) is 6.10 Å². The molecule has 0 aliphatic carbocycles. The number of carboxylic acids is 1. The minimum absolute atomic E-state index is 0.0638. The minimum Gasteiger partial charge on any atom is -0.478 e. The van der Waals surface area contributed by atoms with Gasteiger partial charge in [0.05, 0.1) is 6.10 Å². The van der Waals surface area contributed by atoms with Crippen molar-refractivity contribution in [3.05, 3.63) is 11.6 Å². The van der Waals surface area contributed by atoms with E-state index in [1.54, 1.807) is 13.0 Å². The summed E-state index contributed by atoms with van der Waals surface area (Å²) >= 11 is 0. The first-order valence-corrected chi connectivity index (χ1v) is 4.15. The second-order valence-corrected chi connectivity index (χ2v) is 2.56. The number of rotatable bonds is 5. The summed E-state index contributed by atoms with van der Waals surface area (Å²) in [6.07, 6.45) is 2.38. The van der Waals surface area contributed by atoms with Crippen LogP contribution < -0.4 is 0 Å². The normalized spacial score (nSPS) is 14.4. The SMILES string of the molecule is CCOC(/C=C(\C)C(=O)O)CC. The fraction of sp³-hybridized carbons (Fsp3) is 0.667. The van der Waals surface area contributed by atoms with Crippen LogP contribution in [0.4, 0.5) is 0 Å². The molecule has 3 heteroatoms. The quantitative estimate of drug-likeness (QED) is 0.643. The third-order valence-electron chi connectivity index (χ3n) is 1.56. The zero-order chi connectivity index (χ0) is 9.56. The van der Waals surface area contributed by atoms with E-state index in [9.17, 15) is 4.79 Å². The lowest BCUT2D eigenvalue weighted by molar-refractivity contribution is -0.132. The third kappa shape index (κ3) is 4.13. The van der Waals surface area contributed by atoms with Crippen LogP contribution in [0.3, 0.4) is 0 Å². The third-order valence-corrected chi connectivity index (χ3v) is 1.56.